The fourth-order valence-electron chi connectivity index (χ4n) is 2.91. The van der Waals surface area contributed by atoms with Crippen molar-refractivity contribution in [3.63, 3.8) is 0 Å². The van der Waals surface area contributed by atoms with Crippen LogP contribution in [-0.4, -0.2) is 20.9 Å². The summed E-state index contributed by atoms with van der Waals surface area (Å²) in [7, 11) is 0. The second kappa shape index (κ2) is 6.55. The van der Waals surface area contributed by atoms with Crippen LogP contribution in [0.15, 0.2) is 29.1 Å². The minimum atomic E-state index is -0.504. The molecule has 25 heavy (non-hydrogen) atoms. The van der Waals surface area contributed by atoms with Crippen molar-refractivity contribution in [3.05, 3.63) is 57.4 Å². The highest BCUT2D eigenvalue weighted by atomic mass is 16.2. The third kappa shape index (κ3) is 3.63. The van der Waals surface area contributed by atoms with E-state index in [-0.39, 0.29) is 11.6 Å². The molecule has 2 heterocycles. The number of aromatic nitrogens is 3. The predicted octanol–water partition coefficient (Wildman–Crippen LogP) is 3.32. The van der Waals surface area contributed by atoms with Crippen LogP contribution in [0.4, 0.5) is 5.69 Å². The number of rotatable bonds is 4. The van der Waals surface area contributed by atoms with E-state index in [4.69, 9.17) is 0 Å². The van der Waals surface area contributed by atoms with Crippen molar-refractivity contribution < 1.29 is 4.79 Å². The molecule has 130 valence electrons. The Kier molecular flexibility index (Phi) is 4.44. The average molecular weight is 338 g/mol. The monoisotopic (exact) mass is 338 g/mol. The smallest absolute Gasteiger partial charge is 0.345 e. The maximum atomic E-state index is 12.5. The van der Waals surface area contributed by atoms with Crippen LogP contribution in [0, 0.1) is 19.8 Å². The average Bonchev–Trinajstić information content (AvgIpc) is 2.81. The number of aromatic amines is 2. The number of fused-ring (bicyclic) bond motifs is 1. The van der Waals surface area contributed by atoms with Crippen molar-refractivity contribution in [2.45, 2.75) is 34.1 Å². The Morgan fingerprint density at radius 3 is 2.68 bits per heavy atom. The van der Waals surface area contributed by atoms with Crippen LogP contribution in [0.25, 0.3) is 10.9 Å². The van der Waals surface area contributed by atoms with Gasteiger partial charge in [0.2, 0.25) is 0 Å². The molecule has 0 spiro atoms. The molecule has 0 aliphatic rings. The van der Waals surface area contributed by atoms with E-state index < -0.39 is 5.69 Å². The van der Waals surface area contributed by atoms with Gasteiger partial charge in [-0.2, -0.15) is 4.98 Å². The van der Waals surface area contributed by atoms with Crippen molar-refractivity contribution in [2.75, 3.05) is 5.32 Å². The SMILES string of the molecule is Cc1[nH]c2ccc(NC(=O)c3cc(CC(C)C)[nH]c(=O)n3)cc2c1C. The summed E-state index contributed by atoms with van der Waals surface area (Å²) in [6, 6.07) is 7.33. The molecule has 0 aliphatic heterocycles. The fourth-order valence-corrected chi connectivity index (χ4v) is 2.91. The number of hydrogen-bond donors (Lipinski definition) is 3. The summed E-state index contributed by atoms with van der Waals surface area (Å²) in [4.78, 5) is 34.0. The third-order valence-corrected chi connectivity index (χ3v) is 4.23. The molecule has 0 fully saturated rings. The molecule has 6 heteroatoms. The number of amides is 1. The number of aryl methyl sites for hydroxylation is 2. The van der Waals surface area contributed by atoms with Crippen LogP contribution in [0.3, 0.4) is 0 Å². The third-order valence-electron chi connectivity index (χ3n) is 4.23. The number of carbonyl (C=O) groups is 1. The number of anilines is 1. The highest BCUT2D eigenvalue weighted by Gasteiger charge is 2.12. The Hall–Kier alpha value is -2.89. The zero-order valence-electron chi connectivity index (χ0n) is 14.9. The molecule has 6 nitrogen and oxygen atoms in total. The molecule has 1 aromatic carbocycles. The molecule has 3 N–H and O–H groups in total. The molecular weight excluding hydrogens is 316 g/mol. The lowest BCUT2D eigenvalue weighted by Crippen LogP contribution is -2.22. The largest absolute Gasteiger partial charge is 0.358 e. The summed E-state index contributed by atoms with van der Waals surface area (Å²) in [6.07, 6.45) is 0.686. The van der Waals surface area contributed by atoms with Crippen molar-refractivity contribution in [3.8, 4) is 0 Å². The molecular formula is C19H22N4O2. The number of carbonyl (C=O) groups excluding carboxylic acids is 1. The lowest BCUT2D eigenvalue weighted by atomic mass is 10.1. The first-order valence-corrected chi connectivity index (χ1v) is 8.34. The van der Waals surface area contributed by atoms with Gasteiger partial charge >= 0.3 is 5.69 Å². The molecule has 3 aromatic rings. The summed E-state index contributed by atoms with van der Waals surface area (Å²) in [5, 5.41) is 3.89. The van der Waals surface area contributed by atoms with E-state index in [0.29, 0.717) is 23.7 Å². The molecule has 0 saturated heterocycles. The predicted molar refractivity (Wildman–Crippen MR) is 99.1 cm³/mol. The zero-order chi connectivity index (χ0) is 18.1. The lowest BCUT2D eigenvalue weighted by Gasteiger charge is -2.08. The number of H-pyrrole nitrogens is 2. The molecule has 1 amide bonds. The minimum absolute atomic E-state index is 0.126. The van der Waals surface area contributed by atoms with Gasteiger partial charge in [0.1, 0.15) is 5.69 Å². The summed E-state index contributed by atoms with van der Waals surface area (Å²) in [5.41, 5.74) is 4.30. The van der Waals surface area contributed by atoms with Gasteiger partial charge < -0.3 is 15.3 Å². The van der Waals surface area contributed by atoms with E-state index in [1.54, 1.807) is 6.07 Å². The number of hydrogen-bond acceptors (Lipinski definition) is 3. The standard InChI is InChI=1S/C19H22N4O2/c1-10(2)7-14-9-17(23-19(25)22-14)18(24)21-13-5-6-16-15(8-13)11(3)12(4)20-16/h5-6,8-10,20H,7H2,1-4H3,(H,21,24)(H,22,23,25). The van der Waals surface area contributed by atoms with Crippen molar-refractivity contribution in [1.29, 1.82) is 0 Å². The van der Waals surface area contributed by atoms with Crippen LogP contribution in [0.2, 0.25) is 0 Å². The van der Waals surface area contributed by atoms with Crippen molar-refractivity contribution >= 4 is 22.5 Å². The molecule has 3 rings (SSSR count). The second-order valence-corrected chi connectivity index (χ2v) is 6.78. The molecule has 0 aliphatic carbocycles. The van der Waals surface area contributed by atoms with Crippen LogP contribution in [-0.2, 0) is 6.42 Å². The quantitative estimate of drug-likeness (QED) is 0.681. The van der Waals surface area contributed by atoms with Gasteiger partial charge in [0.05, 0.1) is 0 Å². The lowest BCUT2D eigenvalue weighted by molar-refractivity contribution is 0.102. The summed E-state index contributed by atoms with van der Waals surface area (Å²) in [5.74, 6) is -0.0171. The van der Waals surface area contributed by atoms with Gasteiger partial charge in [-0.15, -0.1) is 0 Å². The Balaban J connectivity index is 1.88. The maximum absolute atomic E-state index is 12.5. The van der Waals surface area contributed by atoms with Gasteiger partial charge in [-0.05, 0) is 56.0 Å². The van der Waals surface area contributed by atoms with Crippen LogP contribution in [0.5, 0.6) is 0 Å². The van der Waals surface area contributed by atoms with Gasteiger partial charge in [-0.25, -0.2) is 4.79 Å². The van der Waals surface area contributed by atoms with E-state index >= 15 is 0 Å². The first-order valence-electron chi connectivity index (χ1n) is 8.34. The van der Waals surface area contributed by atoms with Gasteiger partial charge in [0.25, 0.3) is 5.91 Å². The van der Waals surface area contributed by atoms with Gasteiger partial charge in [-0.3, -0.25) is 4.79 Å². The Bertz CT molecular complexity index is 998. The van der Waals surface area contributed by atoms with Crippen LogP contribution >= 0.6 is 0 Å². The van der Waals surface area contributed by atoms with Crippen LogP contribution in [0.1, 0.15) is 41.3 Å². The van der Waals surface area contributed by atoms with Gasteiger partial charge in [0.15, 0.2) is 0 Å². The van der Waals surface area contributed by atoms with Gasteiger partial charge in [0, 0.05) is 28.0 Å². The number of nitrogens with zero attached hydrogens (tertiary/aromatic N) is 1. The highest BCUT2D eigenvalue weighted by Crippen LogP contribution is 2.24. The Morgan fingerprint density at radius 1 is 1.20 bits per heavy atom. The van der Waals surface area contributed by atoms with E-state index in [9.17, 15) is 9.59 Å². The first-order chi connectivity index (χ1) is 11.8. The fraction of sp³-hybridized carbons (Fsp3) is 0.316. The van der Waals surface area contributed by atoms with E-state index in [2.05, 4.69) is 34.1 Å². The number of benzene rings is 1. The molecule has 2 aromatic heterocycles. The van der Waals surface area contributed by atoms with E-state index in [0.717, 1.165) is 22.2 Å². The Labute approximate surface area is 145 Å². The first kappa shape index (κ1) is 17.0. The summed E-state index contributed by atoms with van der Waals surface area (Å²) < 4.78 is 0. The molecule has 0 unspecified atom stereocenters. The summed E-state index contributed by atoms with van der Waals surface area (Å²) in [6.45, 7) is 8.16. The minimum Gasteiger partial charge on any atom is -0.358 e. The Morgan fingerprint density at radius 2 is 1.96 bits per heavy atom. The van der Waals surface area contributed by atoms with E-state index in [1.165, 1.54) is 0 Å². The van der Waals surface area contributed by atoms with E-state index in [1.807, 2.05) is 32.0 Å². The van der Waals surface area contributed by atoms with Crippen LogP contribution < -0.4 is 11.0 Å². The second-order valence-electron chi connectivity index (χ2n) is 6.78. The normalized spacial score (nSPS) is 11.2. The number of nitrogens with one attached hydrogen (secondary N) is 3. The molecule has 0 atom stereocenters. The topological polar surface area (TPSA) is 90.6 Å². The maximum Gasteiger partial charge on any atom is 0.345 e. The molecule has 0 saturated carbocycles. The summed E-state index contributed by atoms with van der Waals surface area (Å²) >= 11 is 0. The van der Waals surface area contributed by atoms with Crippen molar-refractivity contribution in [2.24, 2.45) is 5.92 Å². The molecule has 0 radical (unpaired) electrons. The van der Waals surface area contributed by atoms with Gasteiger partial charge in [-0.1, -0.05) is 13.8 Å². The zero-order valence-corrected chi connectivity index (χ0v) is 14.9. The van der Waals surface area contributed by atoms with Crippen molar-refractivity contribution in [1.82, 2.24) is 15.0 Å². The highest BCUT2D eigenvalue weighted by molar-refractivity contribution is 6.04. The molecule has 0 bridgehead atoms.